The number of rotatable bonds is 3. The zero-order chi connectivity index (χ0) is 9.68. The summed E-state index contributed by atoms with van der Waals surface area (Å²) in [6.45, 7) is -0.151. The van der Waals surface area contributed by atoms with Crippen molar-refractivity contribution >= 4 is 12.0 Å². The number of carboxylic acids is 1. The van der Waals surface area contributed by atoms with Crippen molar-refractivity contribution < 1.29 is 15.0 Å². The Morgan fingerprint density at radius 2 is 2.46 bits per heavy atom. The second kappa shape index (κ2) is 4.37. The molecule has 1 radical (unpaired) electrons. The first kappa shape index (κ1) is 9.41. The number of hydrogen-bond donors (Lipinski definition) is 2. The van der Waals surface area contributed by atoms with Crippen molar-refractivity contribution in [3.8, 4) is 0 Å². The van der Waals surface area contributed by atoms with E-state index in [0.717, 1.165) is 6.08 Å². The van der Waals surface area contributed by atoms with E-state index in [1.54, 1.807) is 6.07 Å². The summed E-state index contributed by atoms with van der Waals surface area (Å²) < 4.78 is 0. The van der Waals surface area contributed by atoms with Crippen LogP contribution in [0.4, 0.5) is 0 Å². The van der Waals surface area contributed by atoms with Gasteiger partial charge in [0, 0.05) is 17.8 Å². The van der Waals surface area contributed by atoms with Gasteiger partial charge in [-0.2, -0.15) is 0 Å². The molecule has 0 aromatic carbocycles. The SMILES string of the molecule is O=C(O)C=Cc1cn[c]c(CO)c1. The summed E-state index contributed by atoms with van der Waals surface area (Å²) in [6, 6.07) is 1.62. The van der Waals surface area contributed by atoms with Crippen molar-refractivity contribution in [2.75, 3.05) is 0 Å². The Morgan fingerprint density at radius 1 is 1.69 bits per heavy atom. The highest BCUT2D eigenvalue weighted by molar-refractivity contribution is 5.85. The third-order valence-corrected chi connectivity index (χ3v) is 1.35. The van der Waals surface area contributed by atoms with Crippen molar-refractivity contribution in [1.82, 2.24) is 4.98 Å². The number of hydrogen-bond acceptors (Lipinski definition) is 3. The van der Waals surface area contributed by atoms with Crippen LogP contribution in [-0.4, -0.2) is 21.2 Å². The minimum Gasteiger partial charge on any atom is -0.478 e. The molecule has 1 aromatic heterocycles. The van der Waals surface area contributed by atoms with Crippen molar-refractivity contribution in [3.63, 3.8) is 0 Å². The van der Waals surface area contributed by atoms with Crippen LogP contribution in [0.1, 0.15) is 11.1 Å². The molecule has 0 amide bonds. The number of nitrogens with zero attached hydrogens (tertiary/aromatic N) is 1. The van der Waals surface area contributed by atoms with E-state index in [9.17, 15) is 4.79 Å². The number of aliphatic hydroxyl groups excluding tert-OH is 1. The average molecular weight is 178 g/mol. The highest BCUT2D eigenvalue weighted by atomic mass is 16.4. The van der Waals surface area contributed by atoms with Gasteiger partial charge < -0.3 is 10.2 Å². The van der Waals surface area contributed by atoms with Crippen LogP contribution < -0.4 is 0 Å². The standard InChI is InChI=1S/C9H8NO3/c11-6-8-3-7(4-10-5-8)1-2-9(12)13/h1-4,11H,6H2,(H,12,13). The maximum Gasteiger partial charge on any atom is 0.328 e. The van der Waals surface area contributed by atoms with Crippen molar-refractivity contribution in [2.24, 2.45) is 0 Å². The minimum absolute atomic E-state index is 0.151. The number of aliphatic carboxylic acids is 1. The third-order valence-electron chi connectivity index (χ3n) is 1.35. The molecule has 2 N–H and O–H groups in total. The Balaban J connectivity index is 2.83. The zero-order valence-electron chi connectivity index (χ0n) is 6.77. The maximum absolute atomic E-state index is 10.2. The van der Waals surface area contributed by atoms with Gasteiger partial charge >= 0.3 is 5.97 Å². The lowest BCUT2D eigenvalue weighted by Gasteiger charge is -1.95. The van der Waals surface area contributed by atoms with Gasteiger partial charge in [-0.1, -0.05) is 0 Å². The fourth-order valence-corrected chi connectivity index (χ4v) is 0.800. The van der Waals surface area contributed by atoms with Crippen molar-refractivity contribution in [2.45, 2.75) is 6.61 Å². The molecule has 0 saturated heterocycles. The van der Waals surface area contributed by atoms with Crippen LogP contribution in [0.25, 0.3) is 6.08 Å². The van der Waals surface area contributed by atoms with Crippen molar-refractivity contribution in [1.29, 1.82) is 0 Å². The average Bonchev–Trinajstić information content (AvgIpc) is 2.15. The van der Waals surface area contributed by atoms with E-state index in [1.807, 2.05) is 0 Å². The molecule has 0 unspecified atom stereocenters. The molecule has 1 rings (SSSR count). The first-order chi connectivity index (χ1) is 6.22. The molecule has 0 spiro atoms. The number of carboxylic acid groups (broad SMARTS) is 1. The monoisotopic (exact) mass is 178 g/mol. The molecule has 13 heavy (non-hydrogen) atoms. The van der Waals surface area contributed by atoms with E-state index >= 15 is 0 Å². The maximum atomic E-state index is 10.2. The van der Waals surface area contributed by atoms with Crippen LogP contribution in [0, 0.1) is 6.20 Å². The van der Waals surface area contributed by atoms with Gasteiger partial charge in [0.2, 0.25) is 0 Å². The lowest BCUT2D eigenvalue weighted by molar-refractivity contribution is -0.131. The van der Waals surface area contributed by atoms with Gasteiger partial charge in [-0.05, 0) is 17.7 Å². The van der Waals surface area contributed by atoms with Crippen LogP contribution in [0.2, 0.25) is 0 Å². The summed E-state index contributed by atoms with van der Waals surface area (Å²) in [5.74, 6) is -1.02. The molecule has 0 aliphatic rings. The van der Waals surface area contributed by atoms with Crippen LogP contribution in [0.3, 0.4) is 0 Å². The van der Waals surface area contributed by atoms with E-state index in [2.05, 4.69) is 11.2 Å². The lowest BCUT2D eigenvalue weighted by Crippen LogP contribution is -1.89. The molecule has 4 heteroatoms. The van der Waals surface area contributed by atoms with E-state index in [4.69, 9.17) is 10.2 Å². The van der Waals surface area contributed by atoms with Crippen LogP contribution in [0.5, 0.6) is 0 Å². The fourth-order valence-electron chi connectivity index (χ4n) is 0.800. The number of carbonyl (C=O) groups is 1. The van der Waals surface area contributed by atoms with Crippen LogP contribution in [0.15, 0.2) is 18.3 Å². The molecule has 67 valence electrons. The second-order valence-corrected chi connectivity index (χ2v) is 2.37. The molecule has 0 aliphatic heterocycles. The summed E-state index contributed by atoms with van der Waals surface area (Å²) in [5, 5.41) is 17.1. The van der Waals surface area contributed by atoms with Gasteiger partial charge in [0.25, 0.3) is 0 Å². The summed E-state index contributed by atoms with van der Waals surface area (Å²) in [5.41, 5.74) is 1.16. The largest absolute Gasteiger partial charge is 0.478 e. The van der Waals surface area contributed by atoms with Gasteiger partial charge in [-0.3, -0.25) is 4.98 Å². The Kier molecular flexibility index (Phi) is 3.16. The number of pyridine rings is 1. The molecule has 1 aromatic rings. The predicted octanol–water partition coefficient (Wildman–Crippen LogP) is 0.472. The Hall–Kier alpha value is -1.68. The topological polar surface area (TPSA) is 70.4 Å². The third kappa shape index (κ3) is 3.04. The first-order valence-electron chi connectivity index (χ1n) is 3.61. The summed E-state index contributed by atoms with van der Waals surface area (Å²) in [7, 11) is 0. The zero-order valence-corrected chi connectivity index (χ0v) is 6.77. The van der Waals surface area contributed by atoms with E-state index in [0.29, 0.717) is 11.1 Å². The van der Waals surface area contributed by atoms with Crippen LogP contribution >= 0.6 is 0 Å². The van der Waals surface area contributed by atoms with Gasteiger partial charge in [0.15, 0.2) is 0 Å². The number of aliphatic hydroxyl groups is 1. The molecule has 0 bridgehead atoms. The fraction of sp³-hybridized carbons (Fsp3) is 0.111. The summed E-state index contributed by atoms with van der Waals surface area (Å²) in [6.07, 6.45) is 6.45. The van der Waals surface area contributed by atoms with E-state index in [1.165, 1.54) is 12.3 Å². The Labute approximate surface area is 75.2 Å². The predicted molar refractivity (Wildman–Crippen MR) is 45.7 cm³/mol. The summed E-state index contributed by atoms with van der Waals surface area (Å²) >= 11 is 0. The highest BCUT2D eigenvalue weighted by Crippen LogP contribution is 2.03. The van der Waals surface area contributed by atoms with Gasteiger partial charge in [0.05, 0.1) is 12.8 Å². The Morgan fingerprint density at radius 3 is 3.08 bits per heavy atom. The van der Waals surface area contributed by atoms with Gasteiger partial charge in [0.1, 0.15) is 0 Å². The number of aromatic nitrogens is 1. The molecular formula is C9H8NO3. The highest BCUT2D eigenvalue weighted by Gasteiger charge is 1.93. The van der Waals surface area contributed by atoms with Gasteiger partial charge in [-0.15, -0.1) is 0 Å². The Bertz CT molecular complexity index is 333. The molecule has 0 saturated carbocycles. The molecule has 0 aliphatic carbocycles. The molecule has 1 heterocycles. The molecule has 0 fully saturated rings. The second-order valence-electron chi connectivity index (χ2n) is 2.37. The quantitative estimate of drug-likeness (QED) is 0.660. The van der Waals surface area contributed by atoms with E-state index < -0.39 is 5.97 Å². The first-order valence-corrected chi connectivity index (χ1v) is 3.61. The molecular weight excluding hydrogens is 170 g/mol. The normalized spacial score (nSPS) is 10.5. The smallest absolute Gasteiger partial charge is 0.328 e. The molecule has 4 nitrogen and oxygen atoms in total. The summed E-state index contributed by atoms with van der Waals surface area (Å²) in [4.78, 5) is 13.9. The van der Waals surface area contributed by atoms with Crippen molar-refractivity contribution in [3.05, 3.63) is 35.7 Å². The van der Waals surface area contributed by atoms with E-state index in [-0.39, 0.29) is 6.61 Å². The molecule has 0 atom stereocenters. The van der Waals surface area contributed by atoms with Crippen LogP contribution in [-0.2, 0) is 11.4 Å². The minimum atomic E-state index is -1.02. The van der Waals surface area contributed by atoms with Gasteiger partial charge in [-0.25, -0.2) is 4.79 Å². The lowest BCUT2D eigenvalue weighted by atomic mass is 10.2.